The molecule has 0 aliphatic carbocycles. The minimum atomic E-state index is -4.23. The van der Waals surface area contributed by atoms with Crippen molar-refractivity contribution < 1.29 is 13.2 Å². The molecule has 0 bridgehead atoms. The summed E-state index contributed by atoms with van der Waals surface area (Å²) < 4.78 is 36.1. The maximum Gasteiger partial charge on any atom is 0.389 e. The third kappa shape index (κ3) is 2.98. The number of fused-ring (bicyclic) bond motifs is 1. The van der Waals surface area contributed by atoms with E-state index in [1.54, 1.807) is 0 Å². The standard InChI is InChI=1S/C10H12F3N3O/c11-10(12,13)4-3-7-15-8-6(9(17)16-7)2-1-5-14-8/h1-5H2,(H2,14,15,16,17). The Morgan fingerprint density at radius 2 is 2.12 bits per heavy atom. The second-order valence-electron chi connectivity index (χ2n) is 3.99. The zero-order chi connectivity index (χ0) is 12.5. The van der Waals surface area contributed by atoms with Gasteiger partial charge in [0.15, 0.2) is 0 Å². The third-order valence-corrected chi connectivity index (χ3v) is 2.61. The summed E-state index contributed by atoms with van der Waals surface area (Å²) in [5, 5.41) is 2.93. The molecule has 0 radical (unpaired) electrons. The van der Waals surface area contributed by atoms with Gasteiger partial charge in [0, 0.05) is 13.0 Å². The van der Waals surface area contributed by atoms with E-state index in [2.05, 4.69) is 15.3 Å². The van der Waals surface area contributed by atoms with Crippen LogP contribution in [0.3, 0.4) is 0 Å². The second-order valence-corrected chi connectivity index (χ2v) is 3.99. The first-order chi connectivity index (χ1) is 7.96. The van der Waals surface area contributed by atoms with Crippen molar-refractivity contribution in [3.63, 3.8) is 0 Å². The Kier molecular flexibility index (Phi) is 3.08. The topological polar surface area (TPSA) is 57.8 Å². The first-order valence-corrected chi connectivity index (χ1v) is 5.38. The number of aromatic nitrogens is 2. The van der Waals surface area contributed by atoms with Crippen LogP contribution in [0.2, 0.25) is 0 Å². The van der Waals surface area contributed by atoms with Crippen molar-refractivity contribution in [2.75, 3.05) is 11.9 Å². The van der Waals surface area contributed by atoms with Gasteiger partial charge < -0.3 is 10.3 Å². The van der Waals surface area contributed by atoms with E-state index in [-0.39, 0.29) is 17.8 Å². The van der Waals surface area contributed by atoms with Crippen LogP contribution in [0.4, 0.5) is 19.0 Å². The Balaban J connectivity index is 2.20. The molecule has 0 aromatic carbocycles. The smallest absolute Gasteiger partial charge is 0.370 e. The van der Waals surface area contributed by atoms with Crippen LogP contribution in [0.25, 0.3) is 0 Å². The molecule has 0 saturated carbocycles. The number of alkyl halides is 3. The Morgan fingerprint density at radius 3 is 2.82 bits per heavy atom. The minimum absolute atomic E-state index is 0.0838. The molecule has 1 aliphatic heterocycles. The number of rotatable bonds is 2. The van der Waals surface area contributed by atoms with Gasteiger partial charge in [0.2, 0.25) is 0 Å². The Morgan fingerprint density at radius 1 is 1.35 bits per heavy atom. The Hall–Kier alpha value is -1.53. The summed E-state index contributed by atoms with van der Waals surface area (Å²) in [5.74, 6) is 0.512. The average molecular weight is 247 g/mol. The van der Waals surface area contributed by atoms with Gasteiger partial charge in [-0.2, -0.15) is 13.2 Å². The van der Waals surface area contributed by atoms with Crippen LogP contribution >= 0.6 is 0 Å². The SMILES string of the molecule is O=c1[nH]c(CCC(F)(F)F)nc2c1CCCN2. The quantitative estimate of drug-likeness (QED) is 0.835. The molecule has 2 heterocycles. The maximum atomic E-state index is 12.0. The molecule has 7 heteroatoms. The lowest BCUT2D eigenvalue weighted by atomic mass is 10.1. The summed E-state index contributed by atoms with van der Waals surface area (Å²) >= 11 is 0. The van der Waals surface area contributed by atoms with Gasteiger partial charge >= 0.3 is 6.18 Å². The van der Waals surface area contributed by atoms with Gasteiger partial charge in [0.25, 0.3) is 5.56 Å². The number of aryl methyl sites for hydroxylation is 1. The number of hydrogen-bond donors (Lipinski definition) is 2. The minimum Gasteiger partial charge on any atom is -0.370 e. The predicted octanol–water partition coefficient (Wildman–Crippen LogP) is 1.62. The van der Waals surface area contributed by atoms with Crippen molar-refractivity contribution in [1.29, 1.82) is 0 Å². The van der Waals surface area contributed by atoms with Crippen LogP contribution in [0.15, 0.2) is 4.79 Å². The number of anilines is 1. The predicted molar refractivity (Wildman–Crippen MR) is 56.0 cm³/mol. The van der Waals surface area contributed by atoms with Gasteiger partial charge in [-0.3, -0.25) is 4.79 Å². The van der Waals surface area contributed by atoms with Gasteiger partial charge in [-0.25, -0.2) is 4.98 Å². The Bertz CT molecular complexity index is 467. The number of hydrogen-bond acceptors (Lipinski definition) is 3. The lowest BCUT2D eigenvalue weighted by Crippen LogP contribution is -2.25. The van der Waals surface area contributed by atoms with E-state index < -0.39 is 12.6 Å². The second kappa shape index (κ2) is 4.38. The largest absolute Gasteiger partial charge is 0.389 e. The number of nitrogens with zero attached hydrogens (tertiary/aromatic N) is 1. The molecule has 0 amide bonds. The molecule has 0 atom stereocenters. The van der Waals surface area contributed by atoms with Crippen molar-refractivity contribution in [1.82, 2.24) is 9.97 Å². The molecule has 1 aliphatic rings. The summed E-state index contributed by atoms with van der Waals surface area (Å²) in [7, 11) is 0. The number of H-pyrrole nitrogens is 1. The van der Waals surface area contributed by atoms with Gasteiger partial charge in [-0.1, -0.05) is 0 Å². The number of halogens is 3. The van der Waals surface area contributed by atoms with Crippen LogP contribution in [0.5, 0.6) is 0 Å². The van der Waals surface area contributed by atoms with Crippen molar-refractivity contribution >= 4 is 5.82 Å². The van der Waals surface area contributed by atoms with Crippen LogP contribution in [0, 0.1) is 0 Å². The maximum absolute atomic E-state index is 12.0. The summed E-state index contributed by atoms with van der Waals surface area (Å²) in [6.07, 6.45) is -4.06. The Labute approximate surface area is 95.3 Å². The highest BCUT2D eigenvalue weighted by atomic mass is 19.4. The van der Waals surface area contributed by atoms with Gasteiger partial charge in [-0.05, 0) is 12.8 Å². The fourth-order valence-electron chi connectivity index (χ4n) is 1.77. The summed E-state index contributed by atoms with van der Waals surface area (Å²) in [4.78, 5) is 18.0. The highest BCUT2D eigenvalue weighted by Gasteiger charge is 2.27. The monoisotopic (exact) mass is 247 g/mol. The highest BCUT2D eigenvalue weighted by Crippen LogP contribution is 2.22. The van der Waals surface area contributed by atoms with E-state index in [1.165, 1.54) is 0 Å². The molecule has 17 heavy (non-hydrogen) atoms. The van der Waals surface area contributed by atoms with E-state index in [0.29, 0.717) is 24.3 Å². The molecule has 1 aromatic heterocycles. The average Bonchev–Trinajstić information content (AvgIpc) is 2.26. The van der Waals surface area contributed by atoms with E-state index in [4.69, 9.17) is 0 Å². The first-order valence-electron chi connectivity index (χ1n) is 5.38. The van der Waals surface area contributed by atoms with Gasteiger partial charge in [0.1, 0.15) is 11.6 Å². The van der Waals surface area contributed by atoms with E-state index >= 15 is 0 Å². The zero-order valence-electron chi connectivity index (χ0n) is 9.02. The zero-order valence-corrected chi connectivity index (χ0v) is 9.02. The summed E-state index contributed by atoms with van der Waals surface area (Å²) in [6, 6.07) is 0. The number of nitrogens with one attached hydrogen (secondary N) is 2. The molecule has 2 N–H and O–H groups in total. The van der Waals surface area contributed by atoms with Crippen LogP contribution in [-0.2, 0) is 12.8 Å². The highest BCUT2D eigenvalue weighted by molar-refractivity contribution is 5.45. The molecular weight excluding hydrogens is 235 g/mol. The summed E-state index contributed by atoms with van der Waals surface area (Å²) in [5.41, 5.74) is 0.200. The fourth-order valence-corrected chi connectivity index (χ4v) is 1.77. The molecular formula is C10H12F3N3O. The molecule has 4 nitrogen and oxygen atoms in total. The molecule has 94 valence electrons. The number of aromatic amines is 1. The summed E-state index contributed by atoms with van der Waals surface area (Å²) in [6.45, 7) is 0.697. The lowest BCUT2D eigenvalue weighted by Gasteiger charge is -2.16. The van der Waals surface area contributed by atoms with E-state index in [9.17, 15) is 18.0 Å². The third-order valence-electron chi connectivity index (χ3n) is 2.61. The molecule has 0 spiro atoms. The first kappa shape index (κ1) is 11.9. The van der Waals surface area contributed by atoms with Crippen molar-refractivity contribution in [2.45, 2.75) is 31.9 Å². The van der Waals surface area contributed by atoms with Crippen molar-refractivity contribution in [3.8, 4) is 0 Å². The molecule has 0 unspecified atom stereocenters. The van der Waals surface area contributed by atoms with E-state index in [1.807, 2.05) is 0 Å². The normalized spacial score (nSPS) is 15.2. The van der Waals surface area contributed by atoms with Crippen LogP contribution in [-0.4, -0.2) is 22.7 Å². The van der Waals surface area contributed by atoms with Crippen LogP contribution in [0.1, 0.15) is 24.2 Å². The molecule has 0 fully saturated rings. The van der Waals surface area contributed by atoms with Crippen LogP contribution < -0.4 is 10.9 Å². The fraction of sp³-hybridized carbons (Fsp3) is 0.600. The lowest BCUT2D eigenvalue weighted by molar-refractivity contribution is -0.134. The van der Waals surface area contributed by atoms with Gasteiger partial charge in [-0.15, -0.1) is 0 Å². The van der Waals surface area contributed by atoms with Gasteiger partial charge in [0.05, 0.1) is 12.0 Å². The molecule has 2 rings (SSSR count). The van der Waals surface area contributed by atoms with E-state index in [0.717, 1.165) is 6.42 Å². The molecule has 1 aromatic rings. The van der Waals surface area contributed by atoms with Crippen molar-refractivity contribution in [2.24, 2.45) is 0 Å². The molecule has 0 saturated heterocycles. The van der Waals surface area contributed by atoms with Crippen molar-refractivity contribution in [3.05, 3.63) is 21.7 Å².